The van der Waals surface area contributed by atoms with Gasteiger partial charge in [-0.1, -0.05) is 12.8 Å². The standard InChI is InChI=1S/C17H34N2.HI/c1-18(10-6-3-7-11-18)12-13-19(2)14-16-8-4-5-9-17(16)15-19;/h16-17H,3-15H2,1-2H3;1H/q+2;/p-1. The highest BCUT2D eigenvalue weighted by molar-refractivity contribution is 4.80. The van der Waals surface area contributed by atoms with Crippen LogP contribution in [0.5, 0.6) is 0 Å². The van der Waals surface area contributed by atoms with Gasteiger partial charge in [0.2, 0.25) is 0 Å². The maximum Gasteiger partial charge on any atom is 0.128 e. The number of hydrogen-bond donors (Lipinski definition) is 0. The lowest BCUT2D eigenvalue weighted by molar-refractivity contribution is -0.961. The van der Waals surface area contributed by atoms with E-state index in [0.717, 1.165) is 11.8 Å². The largest absolute Gasteiger partial charge is 1.00 e. The van der Waals surface area contributed by atoms with Crippen LogP contribution in [0.1, 0.15) is 44.9 Å². The summed E-state index contributed by atoms with van der Waals surface area (Å²) in [6, 6.07) is 0. The van der Waals surface area contributed by atoms with Crippen molar-refractivity contribution in [1.82, 2.24) is 0 Å². The maximum absolute atomic E-state index is 2.55. The Balaban J connectivity index is 0.00000147. The van der Waals surface area contributed by atoms with E-state index in [9.17, 15) is 0 Å². The van der Waals surface area contributed by atoms with Crippen molar-refractivity contribution >= 4 is 0 Å². The molecule has 0 radical (unpaired) electrons. The van der Waals surface area contributed by atoms with Gasteiger partial charge in [-0.2, -0.15) is 0 Å². The molecule has 0 aromatic heterocycles. The molecule has 0 bridgehead atoms. The molecule has 2 heterocycles. The Kier molecular flexibility index (Phi) is 5.80. The first-order valence-corrected chi connectivity index (χ1v) is 8.76. The molecule has 2 atom stereocenters. The number of nitrogens with zero attached hydrogens (tertiary/aromatic N) is 2. The molecule has 2 saturated heterocycles. The van der Waals surface area contributed by atoms with Crippen molar-refractivity contribution in [2.24, 2.45) is 11.8 Å². The summed E-state index contributed by atoms with van der Waals surface area (Å²) < 4.78 is 2.76. The first-order valence-electron chi connectivity index (χ1n) is 8.76. The highest BCUT2D eigenvalue weighted by Gasteiger charge is 2.44. The highest BCUT2D eigenvalue weighted by Crippen LogP contribution is 2.39. The Morgan fingerprint density at radius 1 is 0.700 bits per heavy atom. The molecule has 0 spiro atoms. The van der Waals surface area contributed by atoms with E-state index < -0.39 is 0 Å². The second kappa shape index (κ2) is 6.82. The van der Waals surface area contributed by atoms with Crippen LogP contribution in [0.3, 0.4) is 0 Å². The summed E-state index contributed by atoms with van der Waals surface area (Å²) in [6.07, 6.45) is 10.5. The van der Waals surface area contributed by atoms with Gasteiger partial charge < -0.3 is 32.9 Å². The molecule has 0 N–H and O–H groups in total. The average molecular weight is 393 g/mol. The van der Waals surface area contributed by atoms with Crippen LogP contribution in [0, 0.1) is 11.8 Å². The van der Waals surface area contributed by atoms with Gasteiger partial charge in [0, 0.05) is 11.8 Å². The van der Waals surface area contributed by atoms with E-state index >= 15 is 0 Å². The fourth-order valence-electron chi connectivity index (χ4n) is 5.14. The number of rotatable bonds is 3. The minimum absolute atomic E-state index is 0. The van der Waals surface area contributed by atoms with E-state index in [2.05, 4.69) is 14.1 Å². The number of likely N-dealkylation sites (N-methyl/N-ethyl adjacent to an activating group) is 2. The zero-order valence-electron chi connectivity index (χ0n) is 13.6. The molecule has 3 fully saturated rings. The van der Waals surface area contributed by atoms with Crippen molar-refractivity contribution in [3.63, 3.8) is 0 Å². The normalized spacial score (nSPS) is 39.9. The molecular weight excluding hydrogens is 359 g/mol. The van der Waals surface area contributed by atoms with Crippen LogP contribution >= 0.6 is 0 Å². The third-order valence-corrected chi connectivity index (χ3v) is 6.49. The van der Waals surface area contributed by atoms with Gasteiger partial charge in [-0.05, 0) is 32.1 Å². The third kappa shape index (κ3) is 3.89. The molecule has 0 aromatic rings. The zero-order valence-corrected chi connectivity index (χ0v) is 15.8. The van der Waals surface area contributed by atoms with Crippen molar-refractivity contribution in [1.29, 1.82) is 0 Å². The molecule has 2 unspecified atom stereocenters. The summed E-state index contributed by atoms with van der Waals surface area (Å²) in [7, 11) is 5.06. The Morgan fingerprint density at radius 3 is 1.75 bits per heavy atom. The fourth-order valence-corrected chi connectivity index (χ4v) is 5.14. The van der Waals surface area contributed by atoms with E-state index in [1.54, 1.807) is 0 Å². The van der Waals surface area contributed by atoms with Gasteiger partial charge in [-0.15, -0.1) is 0 Å². The van der Waals surface area contributed by atoms with E-state index in [1.807, 2.05) is 0 Å². The van der Waals surface area contributed by atoms with Crippen LogP contribution in [-0.2, 0) is 0 Å². The molecule has 2 nitrogen and oxygen atoms in total. The first kappa shape index (κ1) is 17.0. The maximum atomic E-state index is 2.55. The van der Waals surface area contributed by atoms with E-state index in [4.69, 9.17) is 0 Å². The van der Waals surface area contributed by atoms with Crippen molar-refractivity contribution in [3.05, 3.63) is 0 Å². The van der Waals surface area contributed by atoms with Crippen LogP contribution in [-0.4, -0.2) is 62.3 Å². The van der Waals surface area contributed by atoms with Gasteiger partial charge in [-0.3, -0.25) is 0 Å². The second-order valence-corrected chi connectivity index (χ2v) is 8.36. The Bertz CT molecular complexity index is 298. The zero-order chi connectivity index (χ0) is 13.3. The van der Waals surface area contributed by atoms with Gasteiger partial charge in [0.15, 0.2) is 0 Å². The number of halogens is 1. The van der Waals surface area contributed by atoms with Crippen LogP contribution in [0.2, 0.25) is 0 Å². The predicted octanol–water partition coefficient (Wildman–Crippen LogP) is -0.112. The lowest BCUT2D eigenvalue weighted by Crippen LogP contribution is -3.00. The van der Waals surface area contributed by atoms with Crippen molar-refractivity contribution in [3.8, 4) is 0 Å². The molecule has 118 valence electrons. The van der Waals surface area contributed by atoms with Crippen LogP contribution in [0.4, 0.5) is 0 Å². The Labute approximate surface area is 143 Å². The molecule has 0 aromatic carbocycles. The summed E-state index contributed by atoms with van der Waals surface area (Å²) in [5.41, 5.74) is 0. The van der Waals surface area contributed by atoms with Gasteiger partial charge in [0.25, 0.3) is 0 Å². The lowest BCUT2D eigenvalue weighted by atomic mass is 9.82. The molecule has 1 aliphatic carbocycles. The van der Waals surface area contributed by atoms with Crippen molar-refractivity contribution in [2.45, 2.75) is 44.9 Å². The average Bonchev–Trinajstić information content (AvgIpc) is 2.74. The summed E-state index contributed by atoms with van der Waals surface area (Å²) >= 11 is 0. The summed E-state index contributed by atoms with van der Waals surface area (Å²) in [5, 5.41) is 0. The van der Waals surface area contributed by atoms with Gasteiger partial charge in [0.05, 0.1) is 40.3 Å². The minimum atomic E-state index is 0. The third-order valence-electron chi connectivity index (χ3n) is 6.49. The minimum Gasteiger partial charge on any atom is -1.00 e. The monoisotopic (exact) mass is 393 g/mol. The molecule has 20 heavy (non-hydrogen) atoms. The summed E-state index contributed by atoms with van der Waals surface area (Å²) in [4.78, 5) is 0. The van der Waals surface area contributed by atoms with Crippen molar-refractivity contribution in [2.75, 3.05) is 53.4 Å². The van der Waals surface area contributed by atoms with Gasteiger partial charge in [-0.25, -0.2) is 0 Å². The Morgan fingerprint density at radius 2 is 1.20 bits per heavy atom. The molecule has 0 amide bonds. The molecule has 3 aliphatic rings. The topological polar surface area (TPSA) is 0 Å². The number of quaternary nitrogens is 2. The summed E-state index contributed by atoms with van der Waals surface area (Å²) in [5.74, 6) is 2.15. The lowest BCUT2D eigenvalue weighted by Gasteiger charge is -2.40. The van der Waals surface area contributed by atoms with Crippen molar-refractivity contribution < 1.29 is 32.9 Å². The highest BCUT2D eigenvalue weighted by atomic mass is 127. The van der Waals surface area contributed by atoms with E-state index in [0.29, 0.717) is 0 Å². The first-order chi connectivity index (χ1) is 9.09. The molecular formula is C17H34IN2+. The summed E-state index contributed by atoms with van der Waals surface area (Å²) in [6.45, 7) is 8.72. The van der Waals surface area contributed by atoms with Crippen LogP contribution in [0.25, 0.3) is 0 Å². The number of likely N-dealkylation sites (tertiary alicyclic amines) is 2. The van der Waals surface area contributed by atoms with E-state index in [1.165, 1.54) is 93.2 Å². The number of piperidine rings is 1. The van der Waals surface area contributed by atoms with E-state index in [-0.39, 0.29) is 24.0 Å². The second-order valence-electron chi connectivity index (χ2n) is 8.36. The predicted molar refractivity (Wildman–Crippen MR) is 80.9 cm³/mol. The van der Waals surface area contributed by atoms with Crippen LogP contribution in [0.15, 0.2) is 0 Å². The van der Waals surface area contributed by atoms with Crippen LogP contribution < -0.4 is 24.0 Å². The molecule has 3 rings (SSSR count). The molecule has 2 aliphatic heterocycles. The number of fused-ring (bicyclic) bond motifs is 1. The fraction of sp³-hybridized carbons (Fsp3) is 1.00. The molecule has 3 heteroatoms. The number of hydrogen-bond acceptors (Lipinski definition) is 0. The Hall–Kier alpha value is 0.650. The molecule has 1 saturated carbocycles. The quantitative estimate of drug-likeness (QED) is 0.464. The SMILES string of the molecule is C[N+]1(CC[N+]2(C)CC3CCCCC3C2)CCCCC1.[I-]. The van der Waals surface area contributed by atoms with Gasteiger partial charge >= 0.3 is 0 Å². The van der Waals surface area contributed by atoms with Gasteiger partial charge in [0.1, 0.15) is 13.1 Å². The smallest absolute Gasteiger partial charge is 0.128 e.